The summed E-state index contributed by atoms with van der Waals surface area (Å²) in [6.07, 6.45) is 8.25. The van der Waals surface area contributed by atoms with Crippen molar-refractivity contribution in [2.24, 2.45) is 11.3 Å². The Balaban J connectivity index is 2.62. The van der Waals surface area contributed by atoms with E-state index in [1.807, 2.05) is 0 Å². The van der Waals surface area contributed by atoms with Crippen LogP contribution in [0.15, 0.2) is 0 Å². The molecule has 0 radical (unpaired) electrons. The highest BCUT2D eigenvalue weighted by atomic mass is 15.1. The maximum absolute atomic E-state index is 3.74. The Labute approximate surface area is 134 Å². The van der Waals surface area contributed by atoms with Gasteiger partial charge in [-0.15, -0.1) is 0 Å². The fourth-order valence-corrected chi connectivity index (χ4v) is 3.98. The van der Waals surface area contributed by atoms with Crippen LogP contribution in [0.3, 0.4) is 0 Å². The zero-order valence-electron chi connectivity index (χ0n) is 15.8. The second-order valence-electron chi connectivity index (χ2n) is 8.91. The summed E-state index contributed by atoms with van der Waals surface area (Å²) in [5.74, 6) is 0.866. The van der Waals surface area contributed by atoms with Crippen molar-refractivity contribution < 1.29 is 0 Å². The van der Waals surface area contributed by atoms with Gasteiger partial charge in [0.15, 0.2) is 0 Å². The molecule has 126 valence electrons. The van der Waals surface area contributed by atoms with Crippen LogP contribution in [0.25, 0.3) is 0 Å². The molecular formula is C19H40N2. The first-order valence-corrected chi connectivity index (χ1v) is 9.12. The monoisotopic (exact) mass is 296 g/mol. The molecule has 3 atom stereocenters. The van der Waals surface area contributed by atoms with Gasteiger partial charge in [-0.25, -0.2) is 0 Å². The van der Waals surface area contributed by atoms with E-state index in [1.165, 1.54) is 45.1 Å². The van der Waals surface area contributed by atoms with Crippen LogP contribution in [0.2, 0.25) is 0 Å². The lowest BCUT2D eigenvalue weighted by Crippen LogP contribution is -2.50. The van der Waals surface area contributed by atoms with Crippen molar-refractivity contribution in [3.63, 3.8) is 0 Å². The van der Waals surface area contributed by atoms with Crippen molar-refractivity contribution in [2.75, 3.05) is 20.1 Å². The molecule has 0 aromatic carbocycles. The fraction of sp³-hybridized carbons (Fsp3) is 1.00. The average molecular weight is 297 g/mol. The molecule has 1 rings (SSSR count). The predicted molar refractivity (Wildman–Crippen MR) is 94.8 cm³/mol. The summed E-state index contributed by atoms with van der Waals surface area (Å²) in [6, 6.07) is 0.796. The van der Waals surface area contributed by atoms with E-state index in [0.29, 0.717) is 5.41 Å². The van der Waals surface area contributed by atoms with Crippen molar-refractivity contribution in [1.82, 2.24) is 10.2 Å². The molecule has 3 unspecified atom stereocenters. The molecule has 1 saturated carbocycles. The number of hydrogen-bond acceptors (Lipinski definition) is 2. The smallest absolute Gasteiger partial charge is 0.0118 e. The molecule has 0 saturated heterocycles. The van der Waals surface area contributed by atoms with Gasteiger partial charge in [0.25, 0.3) is 0 Å². The largest absolute Gasteiger partial charge is 0.311 e. The predicted octanol–water partition coefficient (Wildman–Crippen LogP) is 4.69. The highest BCUT2D eigenvalue weighted by molar-refractivity contribution is 4.87. The van der Waals surface area contributed by atoms with E-state index in [9.17, 15) is 0 Å². The van der Waals surface area contributed by atoms with Crippen LogP contribution in [-0.4, -0.2) is 36.6 Å². The average Bonchev–Trinajstić information content (AvgIpc) is 2.36. The molecule has 1 N–H and O–H groups in total. The molecule has 1 aliphatic rings. The molecule has 0 aliphatic heterocycles. The second kappa shape index (κ2) is 7.97. The molecule has 0 aromatic rings. The third kappa shape index (κ3) is 6.69. The van der Waals surface area contributed by atoms with Gasteiger partial charge in [0.2, 0.25) is 0 Å². The highest BCUT2D eigenvalue weighted by Gasteiger charge is 2.31. The second-order valence-corrected chi connectivity index (χ2v) is 8.91. The van der Waals surface area contributed by atoms with E-state index >= 15 is 0 Å². The maximum atomic E-state index is 3.74. The van der Waals surface area contributed by atoms with Crippen LogP contribution in [-0.2, 0) is 0 Å². The topological polar surface area (TPSA) is 15.3 Å². The van der Waals surface area contributed by atoms with E-state index in [4.69, 9.17) is 0 Å². The minimum absolute atomic E-state index is 0.214. The third-order valence-electron chi connectivity index (χ3n) is 5.16. The molecular weight excluding hydrogens is 256 g/mol. The molecule has 0 amide bonds. The SMILES string of the molecule is CCCC(C)(CNC(C)(C)C)CN(C)C1CCCCC1C. The van der Waals surface area contributed by atoms with Gasteiger partial charge in [0.1, 0.15) is 0 Å². The standard InChI is InChI=1S/C19H40N2/c1-8-13-19(6,14-20-18(3,4)5)15-21(7)17-12-10-9-11-16(17)2/h16-17,20H,8-15H2,1-7H3. The molecule has 0 spiro atoms. The minimum Gasteiger partial charge on any atom is -0.311 e. The molecule has 0 bridgehead atoms. The number of nitrogens with one attached hydrogen (secondary N) is 1. The van der Waals surface area contributed by atoms with Gasteiger partial charge in [0.05, 0.1) is 0 Å². The van der Waals surface area contributed by atoms with E-state index in [-0.39, 0.29) is 5.54 Å². The lowest BCUT2D eigenvalue weighted by Gasteiger charge is -2.42. The molecule has 2 nitrogen and oxygen atoms in total. The van der Waals surface area contributed by atoms with Crippen molar-refractivity contribution in [2.45, 2.75) is 91.6 Å². The highest BCUT2D eigenvalue weighted by Crippen LogP contribution is 2.31. The first kappa shape index (κ1) is 19.0. The summed E-state index contributed by atoms with van der Waals surface area (Å²) in [5.41, 5.74) is 0.597. The summed E-state index contributed by atoms with van der Waals surface area (Å²) in [4.78, 5) is 2.67. The number of rotatable bonds is 7. The van der Waals surface area contributed by atoms with Crippen LogP contribution < -0.4 is 5.32 Å². The molecule has 2 heteroatoms. The summed E-state index contributed by atoms with van der Waals surface area (Å²) in [5, 5.41) is 3.74. The van der Waals surface area contributed by atoms with E-state index in [0.717, 1.165) is 18.5 Å². The van der Waals surface area contributed by atoms with Gasteiger partial charge in [-0.2, -0.15) is 0 Å². The van der Waals surface area contributed by atoms with Gasteiger partial charge in [0, 0.05) is 24.7 Å². The normalized spacial score (nSPS) is 26.9. The summed E-state index contributed by atoms with van der Waals surface area (Å²) in [6.45, 7) is 16.4. The van der Waals surface area contributed by atoms with Gasteiger partial charge in [-0.1, -0.05) is 40.0 Å². The Kier molecular flexibility index (Phi) is 7.19. The Morgan fingerprint density at radius 2 is 1.71 bits per heavy atom. The van der Waals surface area contributed by atoms with Crippen LogP contribution in [0.4, 0.5) is 0 Å². The van der Waals surface area contributed by atoms with Gasteiger partial charge in [-0.3, -0.25) is 0 Å². The maximum Gasteiger partial charge on any atom is 0.0118 e. The molecule has 1 fully saturated rings. The zero-order valence-corrected chi connectivity index (χ0v) is 15.8. The van der Waals surface area contributed by atoms with Gasteiger partial charge >= 0.3 is 0 Å². The first-order valence-electron chi connectivity index (χ1n) is 9.12. The zero-order chi connectivity index (χ0) is 16.1. The molecule has 21 heavy (non-hydrogen) atoms. The number of hydrogen-bond donors (Lipinski definition) is 1. The Morgan fingerprint density at radius 3 is 2.24 bits per heavy atom. The van der Waals surface area contributed by atoms with Crippen LogP contribution in [0.1, 0.15) is 80.1 Å². The van der Waals surface area contributed by atoms with Gasteiger partial charge < -0.3 is 10.2 Å². The third-order valence-corrected chi connectivity index (χ3v) is 5.16. The van der Waals surface area contributed by atoms with E-state index in [2.05, 4.69) is 58.8 Å². The van der Waals surface area contributed by atoms with Crippen LogP contribution in [0.5, 0.6) is 0 Å². The summed E-state index contributed by atoms with van der Waals surface area (Å²) < 4.78 is 0. The van der Waals surface area contributed by atoms with E-state index < -0.39 is 0 Å². The summed E-state index contributed by atoms with van der Waals surface area (Å²) in [7, 11) is 2.36. The fourth-order valence-electron chi connectivity index (χ4n) is 3.98. The lowest BCUT2D eigenvalue weighted by molar-refractivity contribution is 0.0816. The molecule has 0 aromatic heterocycles. The Morgan fingerprint density at radius 1 is 1.10 bits per heavy atom. The van der Waals surface area contributed by atoms with Crippen molar-refractivity contribution >= 4 is 0 Å². The van der Waals surface area contributed by atoms with Crippen LogP contribution >= 0.6 is 0 Å². The van der Waals surface area contributed by atoms with Crippen molar-refractivity contribution in [3.05, 3.63) is 0 Å². The molecule has 0 heterocycles. The van der Waals surface area contributed by atoms with Crippen LogP contribution in [0, 0.1) is 11.3 Å². The molecule has 1 aliphatic carbocycles. The van der Waals surface area contributed by atoms with Crippen molar-refractivity contribution in [1.29, 1.82) is 0 Å². The summed E-state index contributed by atoms with van der Waals surface area (Å²) >= 11 is 0. The number of nitrogens with zero attached hydrogens (tertiary/aromatic N) is 1. The minimum atomic E-state index is 0.214. The van der Waals surface area contributed by atoms with E-state index in [1.54, 1.807) is 0 Å². The van der Waals surface area contributed by atoms with Gasteiger partial charge in [-0.05, 0) is 58.4 Å². The lowest BCUT2D eigenvalue weighted by atomic mass is 9.81. The van der Waals surface area contributed by atoms with Crippen molar-refractivity contribution in [3.8, 4) is 0 Å². The Hall–Kier alpha value is -0.0800. The quantitative estimate of drug-likeness (QED) is 0.733. The first-order chi connectivity index (χ1) is 9.67. The Bertz CT molecular complexity index is 294.